The zero-order valence-corrected chi connectivity index (χ0v) is 18.6. The Labute approximate surface area is 192 Å². The molecule has 172 valence electrons. The van der Waals surface area contributed by atoms with Gasteiger partial charge in [-0.25, -0.2) is 9.59 Å². The van der Waals surface area contributed by atoms with Crippen LogP contribution in [0.15, 0.2) is 54.6 Å². The van der Waals surface area contributed by atoms with E-state index < -0.39 is 23.8 Å². The number of ether oxygens (including phenoxy) is 2. The summed E-state index contributed by atoms with van der Waals surface area (Å²) in [6.45, 7) is 2.51. The maximum atomic E-state index is 13.8. The van der Waals surface area contributed by atoms with Crippen molar-refractivity contribution < 1.29 is 23.9 Å². The molecule has 2 fully saturated rings. The van der Waals surface area contributed by atoms with Gasteiger partial charge in [0.05, 0.1) is 13.0 Å². The normalized spacial score (nSPS) is 26.8. The Kier molecular flexibility index (Phi) is 5.89. The summed E-state index contributed by atoms with van der Waals surface area (Å²) in [4.78, 5) is 42.6. The number of esters is 2. The summed E-state index contributed by atoms with van der Waals surface area (Å²) in [7, 11) is 0. The van der Waals surface area contributed by atoms with E-state index >= 15 is 0 Å². The van der Waals surface area contributed by atoms with Crippen LogP contribution in [0, 0.1) is 0 Å². The average Bonchev–Trinajstić information content (AvgIpc) is 3.31. The Balaban J connectivity index is 1.51. The Morgan fingerprint density at radius 1 is 0.939 bits per heavy atom. The molecule has 7 nitrogen and oxygen atoms in total. The van der Waals surface area contributed by atoms with Gasteiger partial charge in [-0.15, -0.1) is 0 Å². The van der Waals surface area contributed by atoms with Crippen LogP contribution in [0.5, 0.6) is 0 Å². The van der Waals surface area contributed by atoms with Crippen LogP contribution in [0.25, 0.3) is 10.8 Å². The molecule has 2 aromatic rings. The lowest BCUT2D eigenvalue weighted by Gasteiger charge is -2.51. The van der Waals surface area contributed by atoms with Gasteiger partial charge >= 0.3 is 11.9 Å². The van der Waals surface area contributed by atoms with Gasteiger partial charge in [-0.05, 0) is 55.1 Å². The molecule has 0 aromatic heterocycles. The Bertz CT molecular complexity index is 1100. The van der Waals surface area contributed by atoms with Crippen LogP contribution in [0.3, 0.4) is 0 Å². The van der Waals surface area contributed by atoms with Crippen LogP contribution >= 0.6 is 0 Å². The Hall–Kier alpha value is -3.19. The number of carbonyl (C=O) groups excluding carboxylic acids is 3. The standard InChI is InChI=1S/C26H28N2O5/c29-23(17-20-9-5-8-19-7-1-2-10-21(19)20)28-16-6-11-22-26(28,18-27-14-3-4-15-27)33-25(31)13-12-24(30)32-22/h1-2,5,7-10,12-13,22H,3-4,6,11,14-18H2/b13-12-. The third-order valence-corrected chi connectivity index (χ3v) is 6.87. The van der Waals surface area contributed by atoms with E-state index in [2.05, 4.69) is 4.90 Å². The summed E-state index contributed by atoms with van der Waals surface area (Å²) in [5, 5.41) is 2.10. The molecule has 5 rings (SSSR count). The Morgan fingerprint density at radius 3 is 2.55 bits per heavy atom. The van der Waals surface area contributed by atoms with Crippen molar-refractivity contribution in [1.82, 2.24) is 9.80 Å². The fourth-order valence-corrected chi connectivity index (χ4v) is 5.34. The number of hydrogen-bond acceptors (Lipinski definition) is 6. The molecule has 2 saturated heterocycles. The van der Waals surface area contributed by atoms with Crippen molar-refractivity contribution in [2.45, 2.75) is 43.9 Å². The highest BCUT2D eigenvalue weighted by Gasteiger charge is 2.55. The number of carbonyl (C=O) groups is 3. The lowest BCUT2D eigenvalue weighted by Crippen LogP contribution is -2.69. The molecule has 7 heteroatoms. The van der Waals surface area contributed by atoms with Gasteiger partial charge < -0.3 is 9.47 Å². The third-order valence-electron chi connectivity index (χ3n) is 6.87. The molecule has 2 unspecified atom stereocenters. The zero-order chi connectivity index (χ0) is 22.8. The van der Waals surface area contributed by atoms with E-state index in [1.807, 2.05) is 42.5 Å². The van der Waals surface area contributed by atoms with Gasteiger partial charge in [0.1, 0.15) is 0 Å². The summed E-state index contributed by atoms with van der Waals surface area (Å²) in [6.07, 6.45) is 4.98. The number of likely N-dealkylation sites (tertiary alicyclic amines) is 2. The van der Waals surface area contributed by atoms with Gasteiger partial charge in [0.15, 0.2) is 6.10 Å². The van der Waals surface area contributed by atoms with Gasteiger partial charge in [-0.2, -0.15) is 0 Å². The maximum Gasteiger partial charge on any atom is 0.333 e. The van der Waals surface area contributed by atoms with Gasteiger partial charge in [-0.3, -0.25) is 14.6 Å². The van der Waals surface area contributed by atoms with Crippen molar-refractivity contribution in [2.24, 2.45) is 0 Å². The van der Waals surface area contributed by atoms with Crippen LogP contribution < -0.4 is 0 Å². The number of nitrogens with zero attached hydrogens (tertiary/aromatic N) is 2. The molecule has 2 atom stereocenters. The minimum Gasteiger partial charge on any atom is -0.453 e. The first-order valence-electron chi connectivity index (χ1n) is 11.7. The van der Waals surface area contributed by atoms with E-state index in [-0.39, 0.29) is 12.3 Å². The zero-order valence-electron chi connectivity index (χ0n) is 18.6. The van der Waals surface area contributed by atoms with E-state index in [9.17, 15) is 14.4 Å². The molecule has 3 aliphatic rings. The molecule has 0 saturated carbocycles. The fraction of sp³-hybridized carbons (Fsp3) is 0.423. The quantitative estimate of drug-likeness (QED) is 0.670. The Morgan fingerprint density at radius 2 is 1.70 bits per heavy atom. The highest BCUT2D eigenvalue weighted by Crippen LogP contribution is 2.36. The first-order chi connectivity index (χ1) is 16.0. The van der Waals surface area contributed by atoms with E-state index in [1.54, 1.807) is 4.90 Å². The number of fused-ring (bicyclic) bond motifs is 2. The lowest BCUT2D eigenvalue weighted by molar-refractivity contribution is -0.236. The smallest absolute Gasteiger partial charge is 0.333 e. The highest BCUT2D eigenvalue weighted by molar-refractivity contribution is 5.93. The molecule has 0 radical (unpaired) electrons. The second-order valence-electron chi connectivity index (χ2n) is 9.01. The first kappa shape index (κ1) is 21.6. The fourth-order valence-electron chi connectivity index (χ4n) is 5.34. The third kappa shape index (κ3) is 4.25. The predicted octanol–water partition coefficient (Wildman–Crippen LogP) is 2.82. The molecule has 0 aliphatic carbocycles. The number of piperidine rings is 1. The second kappa shape index (κ2) is 8.98. The molecule has 1 amide bonds. The topological polar surface area (TPSA) is 76.2 Å². The molecule has 3 heterocycles. The van der Waals surface area contributed by atoms with Crippen molar-refractivity contribution in [2.75, 3.05) is 26.2 Å². The van der Waals surface area contributed by atoms with Gasteiger partial charge in [0.25, 0.3) is 0 Å². The van der Waals surface area contributed by atoms with Crippen LogP contribution in [0.4, 0.5) is 0 Å². The largest absolute Gasteiger partial charge is 0.453 e. The molecule has 33 heavy (non-hydrogen) atoms. The van der Waals surface area contributed by atoms with Gasteiger partial charge in [0, 0.05) is 18.7 Å². The monoisotopic (exact) mass is 448 g/mol. The van der Waals surface area contributed by atoms with Crippen LogP contribution in [0.2, 0.25) is 0 Å². The number of rotatable bonds is 4. The molecule has 0 bridgehead atoms. The molecule has 0 spiro atoms. The van der Waals surface area contributed by atoms with Gasteiger partial charge in [0.2, 0.25) is 11.6 Å². The van der Waals surface area contributed by atoms with E-state index in [0.717, 1.165) is 54.4 Å². The van der Waals surface area contributed by atoms with Crippen molar-refractivity contribution in [3.8, 4) is 0 Å². The molecular weight excluding hydrogens is 420 g/mol. The van der Waals surface area contributed by atoms with E-state index in [1.165, 1.54) is 0 Å². The van der Waals surface area contributed by atoms with Crippen molar-refractivity contribution in [1.29, 1.82) is 0 Å². The minimum absolute atomic E-state index is 0.136. The SMILES string of the molecule is O=C1/C=C\C(=O)OC2(CN3CCCC3)C(CCCN2C(=O)Cc2cccc3ccccc23)O1. The second-order valence-corrected chi connectivity index (χ2v) is 9.01. The van der Waals surface area contributed by atoms with Crippen molar-refractivity contribution >= 4 is 28.6 Å². The molecule has 0 N–H and O–H groups in total. The summed E-state index contributed by atoms with van der Waals surface area (Å²) < 4.78 is 11.7. The number of benzene rings is 2. The van der Waals surface area contributed by atoms with Crippen LogP contribution in [0.1, 0.15) is 31.2 Å². The van der Waals surface area contributed by atoms with Crippen LogP contribution in [-0.4, -0.2) is 65.7 Å². The summed E-state index contributed by atoms with van der Waals surface area (Å²) in [5.74, 6) is -1.34. The average molecular weight is 449 g/mol. The maximum absolute atomic E-state index is 13.8. The summed E-state index contributed by atoms with van der Waals surface area (Å²) in [5.41, 5.74) is -0.410. The summed E-state index contributed by atoms with van der Waals surface area (Å²) >= 11 is 0. The van der Waals surface area contributed by atoms with Gasteiger partial charge in [-0.1, -0.05) is 42.5 Å². The first-order valence-corrected chi connectivity index (χ1v) is 11.7. The molecular formula is C26H28N2O5. The molecule has 2 aromatic carbocycles. The molecule has 3 aliphatic heterocycles. The number of amides is 1. The number of hydrogen-bond donors (Lipinski definition) is 0. The van der Waals surface area contributed by atoms with E-state index in [0.29, 0.717) is 25.9 Å². The summed E-state index contributed by atoms with van der Waals surface area (Å²) in [6, 6.07) is 13.9. The predicted molar refractivity (Wildman–Crippen MR) is 122 cm³/mol. The van der Waals surface area contributed by atoms with Crippen LogP contribution in [-0.2, 0) is 30.3 Å². The van der Waals surface area contributed by atoms with Crippen molar-refractivity contribution in [3.05, 3.63) is 60.2 Å². The minimum atomic E-state index is -1.33. The highest BCUT2D eigenvalue weighted by atomic mass is 16.6. The van der Waals surface area contributed by atoms with Crippen molar-refractivity contribution in [3.63, 3.8) is 0 Å². The lowest BCUT2D eigenvalue weighted by atomic mass is 9.91. The van der Waals surface area contributed by atoms with E-state index in [4.69, 9.17) is 9.47 Å².